The number of rotatable bonds is 2. The van der Waals surface area contributed by atoms with Gasteiger partial charge in [0.05, 0.1) is 12.0 Å². The van der Waals surface area contributed by atoms with Crippen molar-refractivity contribution >= 4 is 23.0 Å². The maximum atomic E-state index is 11.4. The van der Waals surface area contributed by atoms with Crippen molar-refractivity contribution in [3.05, 3.63) is 35.3 Å². The normalized spacial score (nSPS) is 10.7. The van der Waals surface area contributed by atoms with Crippen molar-refractivity contribution in [1.29, 1.82) is 0 Å². The van der Waals surface area contributed by atoms with Gasteiger partial charge in [0.2, 0.25) is 0 Å². The van der Waals surface area contributed by atoms with Crippen molar-refractivity contribution in [2.45, 2.75) is 0 Å². The highest BCUT2D eigenvalue weighted by molar-refractivity contribution is 7.13. The van der Waals surface area contributed by atoms with Crippen LogP contribution in [0.25, 0.3) is 16.3 Å². The number of methoxy groups -OCH3 is 1. The number of fused-ring (bicyclic) bond motifs is 1. The molecule has 0 aliphatic rings. The van der Waals surface area contributed by atoms with Gasteiger partial charge in [0.15, 0.2) is 17.2 Å². The van der Waals surface area contributed by atoms with Gasteiger partial charge in [-0.2, -0.15) is 9.61 Å². The quantitative estimate of drug-likeness (QED) is 0.655. The summed E-state index contributed by atoms with van der Waals surface area (Å²) in [4.78, 5) is 12.4. The second-order valence-electron chi connectivity index (χ2n) is 3.48. The highest BCUT2D eigenvalue weighted by Gasteiger charge is 2.13. The van der Waals surface area contributed by atoms with E-state index < -0.39 is 5.97 Å². The predicted octanol–water partition coefficient (Wildman–Crippen LogP) is 1.64. The fraction of sp³-hybridized carbons (Fsp3) is 0.0909. The van der Waals surface area contributed by atoms with Crippen LogP contribution in [0.5, 0.6) is 0 Å². The third-order valence-corrected chi connectivity index (χ3v) is 3.26. The van der Waals surface area contributed by atoms with Crippen LogP contribution in [0, 0.1) is 0 Å². The number of carbonyl (C=O) groups is 1. The molecular formula is C11H8N4O2S. The van der Waals surface area contributed by atoms with Crippen LogP contribution in [0.4, 0.5) is 0 Å². The van der Waals surface area contributed by atoms with Gasteiger partial charge in [-0.3, -0.25) is 0 Å². The van der Waals surface area contributed by atoms with Crippen LogP contribution >= 0.6 is 11.3 Å². The molecule has 0 aromatic carbocycles. The monoisotopic (exact) mass is 260 g/mol. The number of carbonyl (C=O) groups excluding carboxylic acids is 1. The lowest BCUT2D eigenvalue weighted by Crippen LogP contribution is -2.07. The van der Waals surface area contributed by atoms with E-state index in [1.165, 1.54) is 23.0 Å². The van der Waals surface area contributed by atoms with E-state index in [2.05, 4.69) is 20.0 Å². The van der Waals surface area contributed by atoms with E-state index in [0.29, 0.717) is 11.5 Å². The smallest absolute Gasteiger partial charge is 0.358 e. The molecule has 90 valence electrons. The van der Waals surface area contributed by atoms with E-state index in [0.717, 1.165) is 4.88 Å². The van der Waals surface area contributed by atoms with Gasteiger partial charge in [-0.15, -0.1) is 21.5 Å². The minimum atomic E-state index is -0.484. The lowest BCUT2D eigenvalue weighted by atomic mass is 10.4. The van der Waals surface area contributed by atoms with Crippen LogP contribution in [0.15, 0.2) is 29.6 Å². The minimum Gasteiger partial charge on any atom is -0.464 e. The Bertz CT molecular complexity index is 705. The van der Waals surface area contributed by atoms with Crippen LogP contribution in [0.3, 0.4) is 0 Å². The number of ether oxygens (including phenoxy) is 1. The van der Waals surface area contributed by atoms with Gasteiger partial charge in [0.25, 0.3) is 0 Å². The van der Waals surface area contributed by atoms with Crippen molar-refractivity contribution in [3.63, 3.8) is 0 Å². The Hall–Kier alpha value is -2.28. The van der Waals surface area contributed by atoms with Gasteiger partial charge in [-0.25, -0.2) is 4.79 Å². The van der Waals surface area contributed by atoms with Crippen molar-refractivity contribution < 1.29 is 9.53 Å². The fourth-order valence-corrected chi connectivity index (χ4v) is 2.26. The van der Waals surface area contributed by atoms with Crippen LogP contribution in [0.1, 0.15) is 10.5 Å². The zero-order valence-corrected chi connectivity index (χ0v) is 10.2. The molecule has 0 saturated heterocycles. The minimum absolute atomic E-state index is 0.225. The molecule has 0 aliphatic carbocycles. The van der Waals surface area contributed by atoms with Crippen molar-refractivity contribution in [2.24, 2.45) is 0 Å². The van der Waals surface area contributed by atoms with E-state index in [4.69, 9.17) is 0 Å². The summed E-state index contributed by atoms with van der Waals surface area (Å²) in [7, 11) is 1.32. The first-order chi connectivity index (χ1) is 8.79. The Morgan fingerprint density at radius 2 is 2.22 bits per heavy atom. The Labute approximate surface area is 106 Å². The molecular weight excluding hydrogens is 252 g/mol. The van der Waals surface area contributed by atoms with Crippen molar-refractivity contribution in [3.8, 4) is 10.7 Å². The van der Waals surface area contributed by atoms with Crippen LogP contribution in [-0.2, 0) is 4.74 Å². The third-order valence-electron chi connectivity index (χ3n) is 2.40. The largest absolute Gasteiger partial charge is 0.464 e. The van der Waals surface area contributed by atoms with E-state index in [9.17, 15) is 4.79 Å². The molecule has 0 aliphatic heterocycles. The topological polar surface area (TPSA) is 69.4 Å². The summed E-state index contributed by atoms with van der Waals surface area (Å²) in [6.07, 6.45) is 0. The molecule has 3 aromatic rings. The molecule has 3 rings (SSSR count). The Morgan fingerprint density at radius 3 is 2.94 bits per heavy atom. The van der Waals surface area contributed by atoms with E-state index in [1.54, 1.807) is 12.1 Å². The lowest BCUT2D eigenvalue weighted by Gasteiger charge is -1.99. The highest BCUT2D eigenvalue weighted by Crippen LogP contribution is 2.22. The zero-order chi connectivity index (χ0) is 12.5. The molecule has 7 heteroatoms. The third kappa shape index (κ3) is 1.65. The van der Waals surface area contributed by atoms with Gasteiger partial charge in [0.1, 0.15) is 0 Å². The summed E-state index contributed by atoms with van der Waals surface area (Å²) in [6.45, 7) is 0. The SMILES string of the molecule is COC(=O)c1ccc2nnc(-c3cccs3)n2n1. The first-order valence-electron chi connectivity index (χ1n) is 5.14. The number of esters is 1. The summed E-state index contributed by atoms with van der Waals surface area (Å²) in [5, 5.41) is 14.2. The Balaban J connectivity index is 2.19. The summed E-state index contributed by atoms with van der Waals surface area (Å²) in [6, 6.07) is 7.09. The average molecular weight is 260 g/mol. The summed E-state index contributed by atoms with van der Waals surface area (Å²) in [5.74, 6) is 0.133. The maximum absolute atomic E-state index is 11.4. The summed E-state index contributed by atoms with van der Waals surface area (Å²) < 4.78 is 6.18. The number of hydrogen-bond acceptors (Lipinski definition) is 6. The Kier molecular flexibility index (Phi) is 2.52. The van der Waals surface area contributed by atoms with Crippen LogP contribution < -0.4 is 0 Å². The lowest BCUT2D eigenvalue weighted by molar-refractivity contribution is 0.0592. The van der Waals surface area contributed by atoms with Crippen LogP contribution in [-0.4, -0.2) is 32.9 Å². The molecule has 0 amide bonds. The van der Waals surface area contributed by atoms with Gasteiger partial charge in [0, 0.05) is 0 Å². The standard InChI is InChI=1S/C11H8N4O2S/c1-17-11(16)7-4-5-9-12-13-10(15(9)14-7)8-3-2-6-18-8/h2-6H,1H3. The predicted molar refractivity (Wildman–Crippen MR) is 65.4 cm³/mol. The molecule has 0 spiro atoms. The Morgan fingerprint density at radius 1 is 1.33 bits per heavy atom. The number of thiophene rings is 1. The fourth-order valence-electron chi connectivity index (χ4n) is 1.56. The second kappa shape index (κ2) is 4.19. The van der Waals surface area contributed by atoms with Gasteiger partial charge in [-0.1, -0.05) is 6.07 Å². The summed E-state index contributed by atoms with van der Waals surface area (Å²) >= 11 is 1.54. The molecule has 0 radical (unpaired) electrons. The highest BCUT2D eigenvalue weighted by atomic mass is 32.1. The van der Waals surface area contributed by atoms with E-state index in [1.807, 2.05) is 17.5 Å². The molecule has 0 saturated carbocycles. The molecule has 0 atom stereocenters. The first-order valence-corrected chi connectivity index (χ1v) is 6.02. The first kappa shape index (κ1) is 10.8. The molecule has 0 fully saturated rings. The van der Waals surface area contributed by atoms with E-state index >= 15 is 0 Å². The molecule has 3 aromatic heterocycles. The second-order valence-corrected chi connectivity index (χ2v) is 4.43. The molecule has 0 bridgehead atoms. The zero-order valence-electron chi connectivity index (χ0n) is 9.40. The molecule has 18 heavy (non-hydrogen) atoms. The number of aromatic nitrogens is 4. The average Bonchev–Trinajstić information content (AvgIpc) is 3.05. The number of hydrogen-bond donors (Lipinski definition) is 0. The summed E-state index contributed by atoms with van der Waals surface area (Å²) in [5.41, 5.74) is 0.814. The van der Waals surface area contributed by atoms with Crippen molar-refractivity contribution in [2.75, 3.05) is 7.11 Å². The van der Waals surface area contributed by atoms with E-state index in [-0.39, 0.29) is 5.69 Å². The van der Waals surface area contributed by atoms with Crippen LogP contribution in [0.2, 0.25) is 0 Å². The molecule has 3 heterocycles. The molecule has 0 N–H and O–H groups in total. The van der Waals surface area contributed by atoms with Gasteiger partial charge >= 0.3 is 5.97 Å². The molecule has 6 nitrogen and oxygen atoms in total. The van der Waals surface area contributed by atoms with Gasteiger partial charge in [-0.05, 0) is 23.6 Å². The molecule has 0 unspecified atom stereocenters. The van der Waals surface area contributed by atoms with Gasteiger partial charge < -0.3 is 4.74 Å². The van der Waals surface area contributed by atoms with Crippen molar-refractivity contribution in [1.82, 2.24) is 19.8 Å². The number of nitrogens with zero attached hydrogens (tertiary/aromatic N) is 4. The maximum Gasteiger partial charge on any atom is 0.358 e.